The lowest BCUT2D eigenvalue weighted by atomic mass is 10.2. The number of primary amides is 1. The van der Waals surface area contributed by atoms with E-state index < -0.39 is 17.2 Å². The fourth-order valence-electron chi connectivity index (χ4n) is 2.84. The molecule has 4 N–H and O–H groups in total. The lowest BCUT2D eigenvalue weighted by Gasteiger charge is -2.21. The number of thioether (sulfide) groups is 1. The van der Waals surface area contributed by atoms with Gasteiger partial charge in [-0.1, -0.05) is 49.0 Å². The quantitative estimate of drug-likeness (QED) is 0.571. The Morgan fingerprint density at radius 2 is 1.93 bits per heavy atom. The standard InChI is InChI=1S/C18H26N6O2S/c1-5-14(23(3)4)15-21-22-18(27-12(2)16(25)20-17(19)26)24(15)11-13-9-7-6-8-10-13/h6-10,12,14H,5,11H2,1-4H3,(H3,19,20,25,26)/p+1/t12-,14+/m1/s1. The predicted octanol–water partition coefficient (Wildman–Crippen LogP) is 0.598. The van der Waals surface area contributed by atoms with Crippen molar-refractivity contribution in [3.8, 4) is 0 Å². The first kappa shape index (κ1) is 20.9. The molecule has 1 heterocycles. The second-order valence-electron chi connectivity index (χ2n) is 6.56. The molecule has 146 valence electrons. The first-order chi connectivity index (χ1) is 12.8. The number of aromatic nitrogens is 3. The van der Waals surface area contributed by atoms with Crippen LogP contribution in [0.15, 0.2) is 35.5 Å². The van der Waals surface area contributed by atoms with Crippen molar-refractivity contribution in [3.05, 3.63) is 41.7 Å². The van der Waals surface area contributed by atoms with Crippen molar-refractivity contribution in [2.24, 2.45) is 5.73 Å². The monoisotopic (exact) mass is 391 g/mol. The number of amides is 3. The van der Waals surface area contributed by atoms with Gasteiger partial charge in [0.05, 0.1) is 25.9 Å². The van der Waals surface area contributed by atoms with Gasteiger partial charge in [-0.2, -0.15) is 0 Å². The number of carbonyl (C=O) groups is 2. The summed E-state index contributed by atoms with van der Waals surface area (Å²) in [5.74, 6) is 0.431. The highest BCUT2D eigenvalue weighted by Crippen LogP contribution is 2.25. The minimum absolute atomic E-state index is 0.185. The van der Waals surface area contributed by atoms with E-state index in [1.807, 2.05) is 30.3 Å². The molecular formula is C18H27N6O2S+. The van der Waals surface area contributed by atoms with Crippen molar-refractivity contribution in [1.82, 2.24) is 20.1 Å². The fraction of sp³-hybridized carbons (Fsp3) is 0.444. The molecule has 27 heavy (non-hydrogen) atoms. The van der Waals surface area contributed by atoms with Crippen LogP contribution in [0.2, 0.25) is 0 Å². The van der Waals surface area contributed by atoms with Crippen molar-refractivity contribution in [2.45, 2.75) is 43.3 Å². The largest absolute Gasteiger partial charge is 0.351 e. The molecular weight excluding hydrogens is 364 g/mol. The van der Waals surface area contributed by atoms with Gasteiger partial charge in [-0.3, -0.25) is 14.7 Å². The number of quaternary nitrogens is 1. The maximum Gasteiger partial charge on any atom is 0.318 e. The average Bonchev–Trinajstić information content (AvgIpc) is 2.98. The van der Waals surface area contributed by atoms with Gasteiger partial charge in [0.2, 0.25) is 5.91 Å². The van der Waals surface area contributed by atoms with Gasteiger partial charge in [-0.25, -0.2) is 4.79 Å². The Labute approximate surface area is 163 Å². The van der Waals surface area contributed by atoms with Crippen molar-refractivity contribution in [3.63, 3.8) is 0 Å². The van der Waals surface area contributed by atoms with Crippen LogP contribution in [-0.2, 0) is 11.3 Å². The van der Waals surface area contributed by atoms with Gasteiger partial charge in [0, 0.05) is 6.42 Å². The van der Waals surface area contributed by atoms with E-state index >= 15 is 0 Å². The SMILES string of the molecule is CC[C@@H](c1nnc(S[C@H](C)C(=O)NC(N)=O)n1Cc1ccccc1)[NH+](C)C. The van der Waals surface area contributed by atoms with Crippen LogP contribution in [0.1, 0.15) is 37.7 Å². The van der Waals surface area contributed by atoms with E-state index in [4.69, 9.17) is 5.73 Å². The zero-order chi connectivity index (χ0) is 20.0. The molecule has 0 radical (unpaired) electrons. The fourth-order valence-corrected chi connectivity index (χ4v) is 3.70. The molecule has 0 fully saturated rings. The molecule has 2 atom stereocenters. The van der Waals surface area contributed by atoms with Crippen molar-refractivity contribution < 1.29 is 14.5 Å². The van der Waals surface area contributed by atoms with Crippen LogP contribution in [-0.4, -0.2) is 46.0 Å². The summed E-state index contributed by atoms with van der Waals surface area (Å²) < 4.78 is 2.05. The van der Waals surface area contributed by atoms with Gasteiger partial charge in [-0.15, -0.1) is 10.2 Å². The van der Waals surface area contributed by atoms with Crippen LogP contribution in [0.25, 0.3) is 0 Å². The first-order valence-corrected chi connectivity index (χ1v) is 9.75. The topological polar surface area (TPSA) is 107 Å². The molecule has 1 aromatic heterocycles. The highest BCUT2D eigenvalue weighted by atomic mass is 32.2. The summed E-state index contributed by atoms with van der Waals surface area (Å²) in [5.41, 5.74) is 6.16. The third kappa shape index (κ3) is 5.54. The van der Waals surface area contributed by atoms with E-state index in [0.717, 1.165) is 17.8 Å². The van der Waals surface area contributed by atoms with E-state index in [1.54, 1.807) is 6.92 Å². The summed E-state index contributed by atoms with van der Waals surface area (Å²) in [6, 6.07) is 9.37. The molecule has 0 bridgehead atoms. The van der Waals surface area contributed by atoms with Crippen molar-refractivity contribution >= 4 is 23.7 Å². The molecule has 8 nitrogen and oxygen atoms in total. The Hall–Kier alpha value is -2.39. The Balaban J connectivity index is 2.34. The third-order valence-corrected chi connectivity index (χ3v) is 5.32. The van der Waals surface area contributed by atoms with Crippen molar-refractivity contribution in [1.29, 1.82) is 0 Å². The van der Waals surface area contributed by atoms with Gasteiger partial charge < -0.3 is 10.6 Å². The summed E-state index contributed by atoms with van der Waals surface area (Å²) in [6.45, 7) is 4.44. The predicted molar refractivity (Wildman–Crippen MR) is 104 cm³/mol. The summed E-state index contributed by atoms with van der Waals surface area (Å²) in [4.78, 5) is 24.2. The van der Waals surface area contributed by atoms with E-state index in [0.29, 0.717) is 11.7 Å². The summed E-state index contributed by atoms with van der Waals surface area (Å²) >= 11 is 1.26. The number of urea groups is 1. The summed E-state index contributed by atoms with van der Waals surface area (Å²) in [7, 11) is 4.18. The number of nitrogens with one attached hydrogen (secondary N) is 2. The minimum atomic E-state index is -0.860. The van der Waals surface area contributed by atoms with Gasteiger partial charge in [0.1, 0.15) is 6.04 Å². The van der Waals surface area contributed by atoms with Gasteiger partial charge in [-0.05, 0) is 12.5 Å². The molecule has 9 heteroatoms. The number of nitrogens with two attached hydrogens (primary N) is 1. The second-order valence-corrected chi connectivity index (χ2v) is 7.87. The average molecular weight is 392 g/mol. The molecule has 0 spiro atoms. The molecule has 0 unspecified atom stereocenters. The van der Waals surface area contributed by atoms with Crippen LogP contribution >= 0.6 is 11.8 Å². The molecule has 0 aliphatic carbocycles. The number of benzene rings is 1. The van der Waals surface area contributed by atoms with E-state index in [-0.39, 0.29) is 6.04 Å². The van der Waals surface area contributed by atoms with Gasteiger partial charge in [0.25, 0.3) is 0 Å². The molecule has 0 aliphatic rings. The van der Waals surface area contributed by atoms with Crippen LogP contribution in [0.4, 0.5) is 4.79 Å². The number of nitrogens with zero attached hydrogens (tertiary/aromatic N) is 3. The number of hydrogen-bond acceptors (Lipinski definition) is 5. The van der Waals surface area contributed by atoms with E-state index in [2.05, 4.69) is 41.1 Å². The van der Waals surface area contributed by atoms with Crippen LogP contribution in [0.3, 0.4) is 0 Å². The zero-order valence-corrected chi connectivity index (χ0v) is 16.9. The molecule has 0 aliphatic heterocycles. The normalized spacial score (nSPS) is 13.4. The van der Waals surface area contributed by atoms with E-state index in [1.165, 1.54) is 16.7 Å². The lowest BCUT2D eigenvalue weighted by molar-refractivity contribution is -0.893. The molecule has 1 aromatic carbocycles. The Kier molecular flexibility index (Phi) is 7.37. The van der Waals surface area contributed by atoms with Crippen LogP contribution in [0.5, 0.6) is 0 Å². The van der Waals surface area contributed by atoms with Crippen LogP contribution in [0, 0.1) is 0 Å². The maximum atomic E-state index is 12.0. The number of imide groups is 1. The Bertz CT molecular complexity index is 777. The highest BCUT2D eigenvalue weighted by Gasteiger charge is 2.27. The maximum absolute atomic E-state index is 12.0. The number of rotatable bonds is 8. The highest BCUT2D eigenvalue weighted by molar-refractivity contribution is 8.00. The molecule has 3 amide bonds. The number of hydrogen-bond donors (Lipinski definition) is 3. The zero-order valence-electron chi connectivity index (χ0n) is 16.1. The smallest absolute Gasteiger partial charge is 0.318 e. The van der Waals surface area contributed by atoms with Gasteiger partial charge in [0.15, 0.2) is 11.0 Å². The van der Waals surface area contributed by atoms with Crippen LogP contribution < -0.4 is 16.0 Å². The molecule has 0 saturated heterocycles. The van der Waals surface area contributed by atoms with E-state index in [9.17, 15) is 9.59 Å². The molecule has 2 aromatic rings. The molecule has 0 saturated carbocycles. The Morgan fingerprint density at radius 3 is 2.48 bits per heavy atom. The minimum Gasteiger partial charge on any atom is -0.351 e. The summed E-state index contributed by atoms with van der Waals surface area (Å²) in [6.07, 6.45) is 0.914. The lowest BCUT2D eigenvalue weighted by Crippen LogP contribution is -3.06. The molecule has 2 rings (SSSR count). The number of carbonyl (C=O) groups excluding carboxylic acids is 2. The third-order valence-electron chi connectivity index (χ3n) is 4.24. The van der Waals surface area contributed by atoms with Crippen molar-refractivity contribution in [2.75, 3.05) is 14.1 Å². The summed E-state index contributed by atoms with van der Waals surface area (Å²) in [5, 5.41) is 11.0. The van der Waals surface area contributed by atoms with Gasteiger partial charge >= 0.3 is 6.03 Å². The first-order valence-electron chi connectivity index (χ1n) is 8.87. The second kappa shape index (κ2) is 9.52. The Morgan fingerprint density at radius 1 is 1.26 bits per heavy atom.